The van der Waals surface area contributed by atoms with Crippen molar-refractivity contribution < 1.29 is 4.79 Å². The summed E-state index contributed by atoms with van der Waals surface area (Å²) in [6, 6.07) is 16.6. The maximum absolute atomic E-state index is 12.6. The number of carbonyl (C=O) groups is 1. The van der Waals surface area contributed by atoms with Crippen LogP contribution in [0.25, 0.3) is 0 Å². The Morgan fingerprint density at radius 1 is 1.04 bits per heavy atom. The van der Waals surface area contributed by atoms with Crippen molar-refractivity contribution in [3.63, 3.8) is 0 Å². The molecule has 0 saturated heterocycles. The second kappa shape index (κ2) is 6.94. The minimum Gasteiger partial charge on any atom is -0.375 e. The number of nitrogens with zero attached hydrogens (tertiary/aromatic N) is 2. The van der Waals surface area contributed by atoms with E-state index in [-0.39, 0.29) is 12.0 Å². The fourth-order valence-electron chi connectivity index (χ4n) is 4.11. The van der Waals surface area contributed by atoms with Crippen LogP contribution in [0, 0.1) is 5.92 Å². The highest BCUT2D eigenvalue weighted by atomic mass is 16.1. The molecule has 0 radical (unpaired) electrons. The number of ketones is 1. The summed E-state index contributed by atoms with van der Waals surface area (Å²) in [6.07, 6.45) is 1.37. The van der Waals surface area contributed by atoms with Gasteiger partial charge in [-0.15, -0.1) is 0 Å². The third kappa shape index (κ3) is 2.90. The van der Waals surface area contributed by atoms with E-state index in [1.165, 1.54) is 5.69 Å². The van der Waals surface area contributed by atoms with E-state index in [0.29, 0.717) is 12.2 Å². The minimum absolute atomic E-state index is 0.0573. The van der Waals surface area contributed by atoms with Gasteiger partial charge < -0.3 is 10.2 Å². The lowest BCUT2D eigenvalue weighted by atomic mass is 9.89. The Hall–Kier alpha value is -2.62. The highest BCUT2D eigenvalue weighted by molar-refractivity contribution is 6.13. The zero-order valence-electron chi connectivity index (χ0n) is 15.4. The molecule has 1 saturated carbocycles. The van der Waals surface area contributed by atoms with Gasteiger partial charge >= 0.3 is 0 Å². The lowest BCUT2D eigenvalue weighted by Crippen LogP contribution is -2.28. The van der Waals surface area contributed by atoms with Gasteiger partial charge in [0.2, 0.25) is 0 Å². The normalized spacial score (nSPS) is 21.3. The van der Waals surface area contributed by atoms with Crippen molar-refractivity contribution in [3.8, 4) is 0 Å². The molecule has 26 heavy (non-hydrogen) atoms. The number of rotatable bonds is 4. The summed E-state index contributed by atoms with van der Waals surface area (Å²) in [5.41, 5.74) is 5.32. The van der Waals surface area contributed by atoms with Crippen LogP contribution in [0.3, 0.4) is 0 Å². The number of carbonyl (C=O) groups excluding carboxylic acids is 1. The Kier molecular flexibility index (Phi) is 4.49. The quantitative estimate of drug-likeness (QED) is 0.868. The van der Waals surface area contributed by atoms with E-state index in [2.05, 4.69) is 48.3 Å². The first-order valence-electron chi connectivity index (χ1n) is 9.52. The van der Waals surface area contributed by atoms with Crippen molar-refractivity contribution in [2.45, 2.75) is 32.7 Å². The van der Waals surface area contributed by atoms with Crippen molar-refractivity contribution in [3.05, 3.63) is 54.1 Å². The zero-order valence-corrected chi connectivity index (χ0v) is 15.4. The van der Waals surface area contributed by atoms with E-state index in [1.807, 2.05) is 24.3 Å². The van der Waals surface area contributed by atoms with Crippen LogP contribution in [-0.4, -0.2) is 24.6 Å². The summed E-state index contributed by atoms with van der Waals surface area (Å²) >= 11 is 0. The van der Waals surface area contributed by atoms with Crippen molar-refractivity contribution in [1.29, 1.82) is 0 Å². The van der Waals surface area contributed by atoms with E-state index in [4.69, 9.17) is 4.99 Å². The molecular formula is C22H25N3O. The molecule has 2 aromatic rings. The predicted octanol–water partition coefficient (Wildman–Crippen LogP) is 4.75. The number of Topliss-reactive ketones (excluding diaryl/α,β-unsaturated/α-hetero) is 1. The molecule has 2 aliphatic rings. The van der Waals surface area contributed by atoms with Crippen LogP contribution < -0.4 is 10.2 Å². The second-order valence-electron chi connectivity index (χ2n) is 6.95. The van der Waals surface area contributed by atoms with Gasteiger partial charge in [-0.05, 0) is 50.1 Å². The Labute approximate surface area is 154 Å². The summed E-state index contributed by atoms with van der Waals surface area (Å²) in [4.78, 5) is 19.8. The van der Waals surface area contributed by atoms with Crippen LogP contribution in [0.15, 0.2) is 53.5 Å². The third-order valence-electron chi connectivity index (χ3n) is 5.53. The lowest BCUT2D eigenvalue weighted by Gasteiger charge is -2.26. The Balaban J connectivity index is 1.73. The summed E-state index contributed by atoms with van der Waals surface area (Å²) in [6.45, 7) is 6.31. The van der Waals surface area contributed by atoms with Crippen LogP contribution in [0.4, 0.5) is 17.1 Å². The van der Waals surface area contributed by atoms with Crippen molar-refractivity contribution >= 4 is 28.6 Å². The van der Waals surface area contributed by atoms with Gasteiger partial charge in [-0.1, -0.05) is 24.3 Å². The molecule has 4 heteroatoms. The molecule has 2 atom stereocenters. The predicted molar refractivity (Wildman–Crippen MR) is 108 cm³/mol. The van der Waals surface area contributed by atoms with Crippen LogP contribution in [0.1, 0.15) is 38.3 Å². The van der Waals surface area contributed by atoms with Gasteiger partial charge in [0, 0.05) is 30.9 Å². The molecule has 0 amide bonds. The molecule has 0 bridgehead atoms. The fraction of sp³-hybridized carbons (Fsp3) is 0.364. The number of anilines is 2. The van der Waals surface area contributed by atoms with Crippen molar-refractivity contribution in [2.75, 3.05) is 23.3 Å². The van der Waals surface area contributed by atoms with E-state index in [9.17, 15) is 4.79 Å². The van der Waals surface area contributed by atoms with Gasteiger partial charge in [0.1, 0.15) is 5.78 Å². The highest BCUT2D eigenvalue weighted by Gasteiger charge is 2.40. The van der Waals surface area contributed by atoms with E-state index in [1.54, 1.807) is 0 Å². The molecule has 4 rings (SSSR count). The smallest absolute Gasteiger partial charge is 0.144 e. The van der Waals surface area contributed by atoms with E-state index < -0.39 is 0 Å². The molecule has 1 fully saturated rings. The lowest BCUT2D eigenvalue weighted by molar-refractivity contribution is -0.120. The van der Waals surface area contributed by atoms with Crippen molar-refractivity contribution in [2.24, 2.45) is 10.9 Å². The molecular weight excluding hydrogens is 322 g/mol. The van der Waals surface area contributed by atoms with Crippen LogP contribution >= 0.6 is 0 Å². The molecule has 1 N–H and O–H groups in total. The first-order chi connectivity index (χ1) is 12.7. The number of benzene rings is 2. The summed E-state index contributed by atoms with van der Waals surface area (Å²) in [7, 11) is 0. The average molecular weight is 347 g/mol. The summed E-state index contributed by atoms with van der Waals surface area (Å²) in [5.74, 6) is 0.128. The van der Waals surface area contributed by atoms with Gasteiger partial charge in [-0.3, -0.25) is 9.79 Å². The maximum atomic E-state index is 12.6. The van der Waals surface area contributed by atoms with E-state index in [0.717, 1.165) is 42.2 Å². The third-order valence-corrected chi connectivity index (χ3v) is 5.53. The number of hydrogen-bond acceptors (Lipinski definition) is 4. The van der Waals surface area contributed by atoms with Gasteiger partial charge in [0.25, 0.3) is 0 Å². The summed E-state index contributed by atoms with van der Waals surface area (Å²) < 4.78 is 0. The second-order valence-corrected chi connectivity index (χ2v) is 6.95. The molecule has 1 aliphatic heterocycles. The topological polar surface area (TPSA) is 44.7 Å². The standard InChI is InChI=1S/C22H25N3O/c1-3-25(4-2)16-11-9-15(10-12-16)22-21-19(13-14-20(21)26)23-17-7-5-6-8-18(17)24-22/h5-12,21-22,24H,3-4,13-14H2,1-2H3. The maximum Gasteiger partial charge on any atom is 0.144 e. The monoisotopic (exact) mass is 347 g/mol. The number of para-hydroxylation sites is 2. The van der Waals surface area contributed by atoms with Crippen LogP contribution in [0.2, 0.25) is 0 Å². The van der Waals surface area contributed by atoms with Crippen LogP contribution in [0.5, 0.6) is 0 Å². The Morgan fingerprint density at radius 2 is 1.77 bits per heavy atom. The average Bonchev–Trinajstić information content (AvgIpc) is 2.94. The molecule has 0 spiro atoms. The zero-order chi connectivity index (χ0) is 18.1. The molecule has 0 aromatic heterocycles. The van der Waals surface area contributed by atoms with Gasteiger partial charge in [0.05, 0.1) is 23.3 Å². The van der Waals surface area contributed by atoms with Gasteiger partial charge in [0.15, 0.2) is 0 Å². The summed E-state index contributed by atoms with van der Waals surface area (Å²) in [5, 5.41) is 3.61. The number of hydrogen-bond donors (Lipinski definition) is 1. The molecule has 2 unspecified atom stereocenters. The highest BCUT2D eigenvalue weighted by Crippen LogP contribution is 2.41. The molecule has 4 nitrogen and oxygen atoms in total. The molecule has 1 aliphatic carbocycles. The van der Waals surface area contributed by atoms with Crippen molar-refractivity contribution in [1.82, 2.24) is 0 Å². The van der Waals surface area contributed by atoms with Gasteiger partial charge in [-0.25, -0.2) is 0 Å². The first-order valence-corrected chi connectivity index (χ1v) is 9.52. The molecule has 2 aromatic carbocycles. The largest absolute Gasteiger partial charge is 0.375 e. The van der Waals surface area contributed by atoms with Gasteiger partial charge in [-0.2, -0.15) is 0 Å². The van der Waals surface area contributed by atoms with Crippen LogP contribution in [-0.2, 0) is 4.79 Å². The Morgan fingerprint density at radius 3 is 2.50 bits per heavy atom. The molecule has 134 valence electrons. The SMILES string of the molecule is CCN(CC)c1ccc(C2Nc3ccccc3N=C3CCC(=O)C32)cc1. The number of fused-ring (bicyclic) bond motifs is 2. The number of aliphatic imine (C=N–C) groups is 1. The van der Waals surface area contributed by atoms with E-state index >= 15 is 0 Å². The minimum atomic E-state index is -0.165. The first kappa shape index (κ1) is 16.8. The molecule has 1 heterocycles. The fourth-order valence-corrected chi connectivity index (χ4v) is 4.11. The Bertz CT molecular complexity index is 837. The number of nitrogens with one attached hydrogen (secondary N) is 1.